The molecule has 3 nitrogen and oxygen atoms in total. The summed E-state index contributed by atoms with van der Waals surface area (Å²) in [7, 11) is 2.23. The van der Waals surface area contributed by atoms with Gasteiger partial charge in [-0.2, -0.15) is 0 Å². The topological polar surface area (TPSA) is 41.3 Å². The van der Waals surface area contributed by atoms with Crippen LogP contribution < -0.4 is 11.1 Å². The first-order valence-electron chi connectivity index (χ1n) is 6.37. The van der Waals surface area contributed by atoms with Gasteiger partial charge in [0.25, 0.3) is 0 Å². The van der Waals surface area contributed by atoms with Crippen molar-refractivity contribution < 1.29 is 0 Å². The smallest absolute Gasteiger partial charge is 0.0212 e. The van der Waals surface area contributed by atoms with Gasteiger partial charge >= 0.3 is 0 Å². The Labute approximate surface area is 93.4 Å². The maximum atomic E-state index is 5.91. The number of hydrogen-bond donors (Lipinski definition) is 2. The molecule has 1 saturated heterocycles. The van der Waals surface area contributed by atoms with Crippen molar-refractivity contribution in [2.24, 2.45) is 5.73 Å². The van der Waals surface area contributed by atoms with Gasteiger partial charge in [0, 0.05) is 30.7 Å². The average molecular weight is 211 g/mol. The molecule has 0 radical (unpaired) electrons. The SMILES string of the molecule is CC1CC(NC2CCC(N)CC2)CN1C. The van der Waals surface area contributed by atoms with Crippen molar-refractivity contribution in [1.29, 1.82) is 0 Å². The third-order valence-corrected chi connectivity index (χ3v) is 4.13. The molecule has 1 saturated carbocycles. The molecular formula is C12H25N3. The normalized spacial score (nSPS) is 43.4. The van der Waals surface area contributed by atoms with Gasteiger partial charge in [0.05, 0.1) is 0 Å². The van der Waals surface area contributed by atoms with Crippen LogP contribution in [-0.4, -0.2) is 42.7 Å². The van der Waals surface area contributed by atoms with Crippen molar-refractivity contribution in [3.8, 4) is 0 Å². The molecule has 1 aliphatic heterocycles. The number of nitrogens with two attached hydrogens (primary N) is 1. The van der Waals surface area contributed by atoms with Crippen LogP contribution in [0.1, 0.15) is 39.0 Å². The van der Waals surface area contributed by atoms with Crippen LogP contribution in [0.15, 0.2) is 0 Å². The van der Waals surface area contributed by atoms with E-state index in [1.165, 1.54) is 38.6 Å². The summed E-state index contributed by atoms with van der Waals surface area (Å²) >= 11 is 0. The van der Waals surface area contributed by atoms with E-state index in [9.17, 15) is 0 Å². The van der Waals surface area contributed by atoms with Crippen LogP contribution in [0.5, 0.6) is 0 Å². The van der Waals surface area contributed by atoms with Crippen LogP contribution in [0.4, 0.5) is 0 Å². The minimum Gasteiger partial charge on any atom is -0.328 e. The highest BCUT2D eigenvalue weighted by molar-refractivity contribution is 4.89. The van der Waals surface area contributed by atoms with Gasteiger partial charge in [0.1, 0.15) is 0 Å². The number of nitrogens with one attached hydrogen (secondary N) is 1. The molecular weight excluding hydrogens is 186 g/mol. The summed E-state index contributed by atoms with van der Waals surface area (Å²) in [6.45, 7) is 3.53. The maximum Gasteiger partial charge on any atom is 0.0212 e. The first-order valence-corrected chi connectivity index (χ1v) is 6.37. The maximum absolute atomic E-state index is 5.91. The van der Waals surface area contributed by atoms with E-state index >= 15 is 0 Å². The molecule has 3 N–H and O–H groups in total. The molecule has 0 aromatic heterocycles. The number of likely N-dealkylation sites (tertiary alicyclic amines) is 1. The number of hydrogen-bond acceptors (Lipinski definition) is 3. The van der Waals surface area contributed by atoms with Gasteiger partial charge in [-0.1, -0.05) is 0 Å². The predicted octanol–water partition coefficient (Wildman–Crippen LogP) is 0.939. The Balaban J connectivity index is 1.73. The number of likely N-dealkylation sites (N-methyl/N-ethyl adjacent to an activating group) is 1. The zero-order valence-electron chi connectivity index (χ0n) is 10.1. The van der Waals surface area contributed by atoms with Crippen LogP contribution in [0.3, 0.4) is 0 Å². The quantitative estimate of drug-likeness (QED) is 0.714. The number of rotatable bonds is 2. The van der Waals surface area contributed by atoms with E-state index in [4.69, 9.17) is 5.73 Å². The second kappa shape index (κ2) is 4.81. The minimum atomic E-state index is 0.466. The zero-order valence-corrected chi connectivity index (χ0v) is 10.1. The largest absolute Gasteiger partial charge is 0.328 e. The highest BCUT2D eigenvalue weighted by Gasteiger charge is 2.28. The Kier molecular flexibility index (Phi) is 3.65. The molecule has 3 heteroatoms. The van der Waals surface area contributed by atoms with Crippen LogP contribution in [0.2, 0.25) is 0 Å². The highest BCUT2D eigenvalue weighted by Crippen LogP contribution is 2.21. The highest BCUT2D eigenvalue weighted by atomic mass is 15.2. The average Bonchev–Trinajstić information content (AvgIpc) is 2.50. The Morgan fingerprint density at radius 2 is 1.80 bits per heavy atom. The van der Waals surface area contributed by atoms with Crippen molar-refractivity contribution in [1.82, 2.24) is 10.2 Å². The van der Waals surface area contributed by atoms with Gasteiger partial charge in [-0.3, -0.25) is 0 Å². The van der Waals surface area contributed by atoms with Gasteiger partial charge in [-0.05, 0) is 46.1 Å². The van der Waals surface area contributed by atoms with Crippen LogP contribution in [-0.2, 0) is 0 Å². The van der Waals surface area contributed by atoms with E-state index < -0.39 is 0 Å². The lowest BCUT2D eigenvalue weighted by molar-refractivity contribution is 0.303. The van der Waals surface area contributed by atoms with E-state index in [0.717, 1.165) is 12.1 Å². The molecule has 0 amide bonds. The second-order valence-electron chi connectivity index (χ2n) is 5.50. The molecule has 2 rings (SSSR count). The summed E-state index contributed by atoms with van der Waals surface area (Å²) in [6.07, 6.45) is 6.26. The van der Waals surface area contributed by atoms with Gasteiger partial charge in [0.2, 0.25) is 0 Å². The lowest BCUT2D eigenvalue weighted by Crippen LogP contribution is -2.43. The molecule has 2 atom stereocenters. The van der Waals surface area contributed by atoms with Crippen molar-refractivity contribution in [2.45, 2.75) is 63.2 Å². The first-order chi connectivity index (χ1) is 7.15. The van der Waals surface area contributed by atoms with Gasteiger partial charge in [-0.25, -0.2) is 0 Å². The fourth-order valence-electron chi connectivity index (χ4n) is 2.93. The van der Waals surface area contributed by atoms with Crippen molar-refractivity contribution in [3.05, 3.63) is 0 Å². The van der Waals surface area contributed by atoms with Crippen molar-refractivity contribution in [2.75, 3.05) is 13.6 Å². The summed E-state index contributed by atoms with van der Waals surface area (Å²) in [6, 6.07) is 2.65. The second-order valence-corrected chi connectivity index (χ2v) is 5.50. The van der Waals surface area contributed by atoms with E-state index in [-0.39, 0.29) is 0 Å². The molecule has 1 aliphatic carbocycles. The molecule has 0 bridgehead atoms. The molecule has 0 spiro atoms. The van der Waals surface area contributed by atoms with Gasteiger partial charge in [-0.15, -0.1) is 0 Å². The monoisotopic (exact) mass is 211 g/mol. The Morgan fingerprint density at radius 1 is 1.13 bits per heavy atom. The standard InChI is InChI=1S/C12H25N3/c1-9-7-12(8-15(9)2)14-11-5-3-10(13)4-6-11/h9-12,14H,3-8,13H2,1-2H3. The molecule has 0 aromatic rings. The zero-order chi connectivity index (χ0) is 10.8. The first kappa shape index (κ1) is 11.4. The van der Waals surface area contributed by atoms with E-state index in [1.807, 2.05) is 0 Å². The van der Waals surface area contributed by atoms with Crippen molar-refractivity contribution >= 4 is 0 Å². The molecule has 88 valence electrons. The molecule has 2 fully saturated rings. The summed E-state index contributed by atoms with van der Waals surface area (Å²) in [5.41, 5.74) is 5.91. The lowest BCUT2D eigenvalue weighted by atomic mass is 9.91. The molecule has 2 unspecified atom stereocenters. The summed E-state index contributed by atoms with van der Waals surface area (Å²) in [5, 5.41) is 3.80. The van der Waals surface area contributed by atoms with Crippen molar-refractivity contribution in [3.63, 3.8) is 0 Å². The van der Waals surface area contributed by atoms with E-state index in [2.05, 4.69) is 24.2 Å². The minimum absolute atomic E-state index is 0.466. The Hall–Kier alpha value is -0.120. The van der Waals surface area contributed by atoms with Gasteiger partial charge in [0.15, 0.2) is 0 Å². The van der Waals surface area contributed by atoms with E-state index in [1.54, 1.807) is 0 Å². The summed E-state index contributed by atoms with van der Waals surface area (Å²) in [4.78, 5) is 2.45. The fraction of sp³-hybridized carbons (Fsp3) is 1.00. The molecule has 1 heterocycles. The predicted molar refractivity (Wildman–Crippen MR) is 63.9 cm³/mol. The molecule has 2 aliphatic rings. The third-order valence-electron chi connectivity index (χ3n) is 4.13. The number of nitrogens with zero attached hydrogens (tertiary/aromatic N) is 1. The van der Waals surface area contributed by atoms with Crippen LogP contribution in [0, 0.1) is 0 Å². The summed E-state index contributed by atoms with van der Waals surface area (Å²) < 4.78 is 0. The molecule has 15 heavy (non-hydrogen) atoms. The fourth-order valence-corrected chi connectivity index (χ4v) is 2.93. The molecule has 0 aromatic carbocycles. The van der Waals surface area contributed by atoms with Crippen LogP contribution >= 0.6 is 0 Å². The lowest BCUT2D eigenvalue weighted by Gasteiger charge is -2.29. The summed E-state index contributed by atoms with van der Waals surface area (Å²) in [5.74, 6) is 0. The third kappa shape index (κ3) is 2.92. The van der Waals surface area contributed by atoms with Crippen LogP contribution in [0.25, 0.3) is 0 Å². The Bertz CT molecular complexity index is 189. The van der Waals surface area contributed by atoms with Gasteiger partial charge < -0.3 is 16.0 Å². The van der Waals surface area contributed by atoms with E-state index in [0.29, 0.717) is 12.1 Å². The Morgan fingerprint density at radius 3 is 2.33 bits per heavy atom.